The van der Waals surface area contributed by atoms with E-state index in [9.17, 15) is 0 Å². The molecule has 1 rings (SSSR count). The van der Waals surface area contributed by atoms with Gasteiger partial charge in [0.25, 0.3) is 0 Å². The first kappa shape index (κ1) is 10.8. The van der Waals surface area contributed by atoms with Crippen LogP contribution in [0, 0.1) is 11.3 Å². The van der Waals surface area contributed by atoms with Crippen LogP contribution in [0.15, 0.2) is 18.3 Å². The fourth-order valence-electron chi connectivity index (χ4n) is 1.17. The van der Waals surface area contributed by atoms with Crippen molar-refractivity contribution in [2.24, 2.45) is 0 Å². The molecule has 0 amide bonds. The largest absolute Gasteiger partial charge is 0.335 e. The number of ether oxygens (including phenoxy) is 2. The van der Waals surface area contributed by atoms with Gasteiger partial charge in [-0.3, -0.25) is 4.57 Å². The zero-order valence-corrected chi connectivity index (χ0v) is 8.43. The van der Waals surface area contributed by atoms with E-state index in [-0.39, 0.29) is 0 Å². The van der Waals surface area contributed by atoms with Gasteiger partial charge >= 0.3 is 0 Å². The Hall–Kier alpha value is -1.31. The third kappa shape index (κ3) is 2.34. The number of hydrogen-bond acceptors (Lipinski definition) is 3. The smallest absolute Gasteiger partial charge is 0.244 e. The normalized spacial score (nSPS) is 10.4. The lowest BCUT2D eigenvalue weighted by atomic mass is 10.5. The molecule has 4 nitrogen and oxygen atoms in total. The van der Waals surface area contributed by atoms with Crippen LogP contribution in [0.4, 0.5) is 0 Å². The van der Waals surface area contributed by atoms with E-state index >= 15 is 0 Å². The summed E-state index contributed by atoms with van der Waals surface area (Å²) in [5.74, 6) is 0. The Morgan fingerprint density at radius 1 is 1.43 bits per heavy atom. The third-order valence-electron chi connectivity index (χ3n) is 1.74. The van der Waals surface area contributed by atoms with Gasteiger partial charge in [0.1, 0.15) is 11.8 Å². The molecule has 0 aliphatic carbocycles. The number of hydrogen-bond donors (Lipinski definition) is 0. The Morgan fingerprint density at radius 2 is 2.07 bits per heavy atom. The maximum Gasteiger partial charge on any atom is 0.244 e. The Labute approximate surface area is 83.7 Å². The molecule has 0 bridgehead atoms. The van der Waals surface area contributed by atoms with Crippen molar-refractivity contribution in [3.05, 3.63) is 24.0 Å². The molecule has 0 aromatic carbocycles. The molecule has 0 radical (unpaired) electrons. The first-order valence-electron chi connectivity index (χ1n) is 4.63. The topological polar surface area (TPSA) is 47.2 Å². The lowest BCUT2D eigenvalue weighted by molar-refractivity contribution is -0.186. The van der Waals surface area contributed by atoms with Gasteiger partial charge in [-0.15, -0.1) is 0 Å². The van der Waals surface area contributed by atoms with Crippen LogP contribution in [0.1, 0.15) is 26.0 Å². The summed E-state index contributed by atoms with van der Waals surface area (Å²) < 4.78 is 12.4. The molecule has 0 saturated carbocycles. The summed E-state index contributed by atoms with van der Waals surface area (Å²) >= 11 is 0. The van der Waals surface area contributed by atoms with Crippen LogP contribution in [0.2, 0.25) is 0 Å². The van der Waals surface area contributed by atoms with Crippen LogP contribution in [0.25, 0.3) is 0 Å². The first-order chi connectivity index (χ1) is 6.83. The molecule has 0 atom stereocenters. The monoisotopic (exact) mass is 194 g/mol. The second kappa shape index (κ2) is 5.43. The van der Waals surface area contributed by atoms with Gasteiger partial charge in [0.15, 0.2) is 0 Å². The highest BCUT2D eigenvalue weighted by molar-refractivity contribution is 5.22. The van der Waals surface area contributed by atoms with E-state index in [1.165, 1.54) is 0 Å². The van der Waals surface area contributed by atoms with E-state index in [1.807, 2.05) is 13.8 Å². The number of nitrogens with zero attached hydrogens (tertiary/aromatic N) is 2. The standard InChI is InChI=1S/C10H14N2O2/c1-3-13-10(14-4-2)12-7-5-6-9(12)8-11/h5-7,10H,3-4H2,1-2H3. The molecule has 0 aliphatic rings. The van der Waals surface area contributed by atoms with Crippen molar-refractivity contribution in [2.45, 2.75) is 20.3 Å². The highest BCUT2D eigenvalue weighted by atomic mass is 16.7. The fraction of sp³-hybridized carbons (Fsp3) is 0.500. The fourth-order valence-corrected chi connectivity index (χ4v) is 1.17. The summed E-state index contributed by atoms with van der Waals surface area (Å²) in [7, 11) is 0. The molecule has 1 aromatic heterocycles. The quantitative estimate of drug-likeness (QED) is 0.672. The van der Waals surface area contributed by atoms with Gasteiger partial charge in [0.05, 0.1) is 0 Å². The number of aromatic nitrogens is 1. The van der Waals surface area contributed by atoms with E-state index < -0.39 is 6.41 Å². The predicted octanol–water partition coefficient (Wildman–Crippen LogP) is 1.89. The summed E-state index contributed by atoms with van der Waals surface area (Å²) in [6.07, 6.45) is 1.28. The summed E-state index contributed by atoms with van der Waals surface area (Å²) in [5, 5.41) is 8.81. The van der Waals surface area contributed by atoms with Gasteiger partial charge in [-0.05, 0) is 26.0 Å². The summed E-state index contributed by atoms with van der Waals surface area (Å²) in [6.45, 7) is 4.88. The van der Waals surface area contributed by atoms with Crippen LogP contribution in [-0.2, 0) is 9.47 Å². The van der Waals surface area contributed by atoms with Crippen LogP contribution >= 0.6 is 0 Å². The minimum atomic E-state index is -0.491. The average molecular weight is 194 g/mol. The number of rotatable bonds is 5. The molecule has 0 unspecified atom stereocenters. The van der Waals surface area contributed by atoms with Crippen molar-refractivity contribution in [3.8, 4) is 6.07 Å². The molecule has 1 aromatic rings. The van der Waals surface area contributed by atoms with Crippen molar-refractivity contribution in [3.63, 3.8) is 0 Å². The minimum absolute atomic E-state index is 0.491. The molecule has 0 spiro atoms. The third-order valence-corrected chi connectivity index (χ3v) is 1.74. The molecule has 76 valence electrons. The summed E-state index contributed by atoms with van der Waals surface area (Å²) in [5.41, 5.74) is 0.539. The van der Waals surface area contributed by atoms with Crippen LogP contribution in [0.5, 0.6) is 0 Å². The molecule has 0 N–H and O–H groups in total. The van der Waals surface area contributed by atoms with Gasteiger partial charge in [-0.2, -0.15) is 5.26 Å². The van der Waals surface area contributed by atoms with Crippen LogP contribution < -0.4 is 0 Å². The van der Waals surface area contributed by atoms with Crippen molar-refractivity contribution in [1.29, 1.82) is 5.26 Å². The molecule has 0 aliphatic heterocycles. The van der Waals surface area contributed by atoms with E-state index in [1.54, 1.807) is 22.9 Å². The maximum absolute atomic E-state index is 8.81. The lowest BCUT2D eigenvalue weighted by Gasteiger charge is -2.18. The van der Waals surface area contributed by atoms with E-state index in [2.05, 4.69) is 6.07 Å². The zero-order chi connectivity index (χ0) is 10.4. The highest BCUT2D eigenvalue weighted by Crippen LogP contribution is 2.14. The minimum Gasteiger partial charge on any atom is -0.335 e. The van der Waals surface area contributed by atoms with Gasteiger partial charge in [0, 0.05) is 19.4 Å². The predicted molar refractivity (Wildman–Crippen MR) is 51.4 cm³/mol. The Balaban J connectivity index is 2.81. The first-order valence-corrected chi connectivity index (χ1v) is 4.63. The molecule has 1 heterocycles. The average Bonchev–Trinajstić information content (AvgIpc) is 2.65. The van der Waals surface area contributed by atoms with Gasteiger partial charge in [-0.25, -0.2) is 0 Å². The molecular formula is C10H14N2O2. The van der Waals surface area contributed by atoms with E-state index in [0.29, 0.717) is 18.9 Å². The van der Waals surface area contributed by atoms with Crippen LogP contribution in [-0.4, -0.2) is 17.8 Å². The Bertz CT molecular complexity index is 308. The lowest BCUT2D eigenvalue weighted by Crippen LogP contribution is -2.17. The SMILES string of the molecule is CCOC(OCC)n1cccc1C#N. The van der Waals surface area contributed by atoms with E-state index in [0.717, 1.165) is 0 Å². The highest BCUT2D eigenvalue weighted by Gasteiger charge is 2.12. The molecule has 0 saturated heterocycles. The van der Waals surface area contributed by atoms with Crippen molar-refractivity contribution in [1.82, 2.24) is 4.57 Å². The molecular weight excluding hydrogens is 180 g/mol. The van der Waals surface area contributed by atoms with Crippen molar-refractivity contribution in [2.75, 3.05) is 13.2 Å². The zero-order valence-electron chi connectivity index (χ0n) is 8.43. The second-order valence-corrected chi connectivity index (χ2v) is 2.63. The van der Waals surface area contributed by atoms with Gasteiger partial charge < -0.3 is 9.47 Å². The summed E-state index contributed by atoms with van der Waals surface area (Å²) in [4.78, 5) is 0. The Morgan fingerprint density at radius 3 is 2.57 bits per heavy atom. The Kier molecular flexibility index (Phi) is 4.17. The van der Waals surface area contributed by atoms with Gasteiger partial charge in [0.2, 0.25) is 6.41 Å². The van der Waals surface area contributed by atoms with E-state index in [4.69, 9.17) is 14.7 Å². The van der Waals surface area contributed by atoms with Crippen LogP contribution in [0.3, 0.4) is 0 Å². The molecule has 14 heavy (non-hydrogen) atoms. The maximum atomic E-state index is 8.81. The molecule has 0 fully saturated rings. The second-order valence-electron chi connectivity index (χ2n) is 2.63. The molecule has 4 heteroatoms. The van der Waals surface area contributed by atoms with Crippen molar-refractivity contribution < 1.29 is 9.47 Å². The van der Waals surface area contributed by atoms with Gasteiger partial charge in [-0.1, -0.05) is 0 Å². The summed E-state index contributed by atoms with van der Waals surface area (Å²) in [6, 6.07) is 5.60. The van der Waals surface area contributed by atoms with Crippen molar-refractivity contribution >= 4 is 0 Å². The number of nitriles is 1.